The molecule has 0 spiro atoms. The van der Waals surface area contributed by atoms with Gasteiger partial charge in [-0.05, 0) is 42.3 Å². The second-order valence-electron chi connectivity index (χ2n) is 4.55. The van der Waals surface area contributed by atoms with Crippen molar-refractivity contribution in [1.29, 1.82) is 0 Å². The van der Waals surface area contributed by atoms with E-state index >= 15 is 0 Å². The molecule has 0 aliphatic carbocycles. The molecular weight excluding hydrogens is 274 g/mol. The van der Waals surface area contributed by atoms with Gasteiger partial charge in [-0.25, -0.2) is 0 Å². The lowest BCUT2D eigenvalue weighted by atomic mass is 10.1. The summed E-state index contributed by atoms with van der Waals surface area (Å²) in [6.07, 6.45) is -0.236. The summed E-state index contributed by atoms with van der Waals surface area (Å²) in [4.78, 5) is 0. The quantitative estimate of drug-likeness (QED) is 0.913. The number of rotatable bonds is 5. The lowest BCUT2D eigenvalue weighted by Crippen LogP contribution is -2.18. The van der Waals surface area contributed by atoms with Gasteiger partial charge in [0.15, 0.2) is 0 Å². The van der Waals surface area contributed by atoms with E-state index in [9.17, 15) is 0 Å². The van der Waals surface area contributed by atoms with Crippen molar-refractivity contribution in [1.82, 2.24) is 0 Å². The molecule has 0 aromatic heterocycles. The molecule has 106 valence electrons. The van der Waals surface area contributed by atoms with E-state index in [4.69, 9.17) is 26.8 Å². The van der Waals surface area contributed by atoms with Gasteiger partial charge in [0.25, 0.3) is 0 Å². The van der Waals surface area contributed by atoms with E-state index in [2.05, 4.69) is 0 Å². The fraction of sp³-hybridized carbons (Fsp3) is 0.250. The van der Waals surface area contributed by atoms with E-state index in [1.54, 1.807) is 7.11 Å². The summed E-state index contributed by atoms with van der Waals surface area (Å²) in [5, 5.41) is 0.586. The Balaban J connectivity index is 2.21. The van der Waals surface area contributed by atoms with Gasteiger partial charge in [0, 0.05) is 6.54 Å². The molecule has 0 saturated heterocycles. The van der Waals surface area contributed by atoms with Gasteiger partial charge in [-0.1, -0.05) is 29.8 Å². The smallest absolute Gasteiger partial charge is 0.139 e. The van der Waals surface area contributed by atoms with Crippen molar-refractivity contribution in [3.8, 4) is 11.5 Å². The van der Waals surface area contributed by atoms with E-state index in [0.717, 1.165) is 16.9 Å². The minimum absolute atomic E-state index is 0.236. The average Bonchev–Trinajstić information content (AvgIpc) is 2.48. The lowest BCUT2D eigenvalue weighted by Gasteiger charge is -2.19. The molecule has 1 unspecified atom stereocenters. The van der Waals surface area contributed by atoms with Crippen molar-refractivity contribution < 1.29 is 9.47 Å². The van der Waals surface area contributed by atoms with Crippen molar-refractivity contribution >= 4 is 11.6 Å². The number of methoxy groups -OCH3 is 1. The summed E-state index contributed by atoms with van der Waals surface area (Å²) < 4.78 is 11.1. The van der Waals surface area contributed by atoms with Crippen molar-refractivity contribution in [3.05, 3.63) is 58.6 Å². The van der Waals surface area contributed by atoms with Crippen LogP contribution < -0.4 is 15.2 Å². The first-order chi connectivity index (χ1) is 9.63. The van der Waals surface area contributed by atoms with Gasteiger partial charge < -0.3 is 15.2 Å². The van der Waals surface area contributed by atoms with Crippen LogP contribution in [0.2, 0.25) is 5.02 Å². The third kappa shape index (κ3) is 3.44. The molecule has 4 heteroatoms. The second-order valence-corrected chi connectivity index (χ2v) is 4.96. The van der Waals surface area contributed by atoms with Crippen LogP contribution in [0.25, 0.3) is 0 Å². The van der Waals surface area contributed by atoms with Crippen LogP contribution in [0.1, 0.15) is 17.2 Å². The molecular formula is C16H18ClNO2. The van der Waals surface area contributed by atoms with Gasteiger partial charge in [-0.15, -0.1) is 0 Å². The normalized spacial score (nSPS) is 12.0. The highest BCUT2D eigenvalue weighted by atomic mass is 35.5. The molecule has 0 fully saturated rings. The van der Waals surface area contributed by atoms with Gasteiger partial charge in [-0.2, -0.15) is 0 Å². The van der Waals surface area contributed by atoms with Gasteiger partial charge in [0.2, 0.25) is 0 Å². The maximum absolute atomic E-state index is 6.15. The van der Waals surface area contributed by atoms with Gasteiger partial charge in [0.05, 0.1) is 12.1 Å². The molecule has 2 aromatic carbocycles. The predicted molar refractivity (Wildman–Crippen MR) is 81.6 cm³/mol. The Morgan fingerprint density at radius 1 is 1.15 bits per heavy atom. The molecule has 0 saturated carbocycles. The molecule has 2 N–H and O–H groups in total. The standard InChI is InChI=1S/C16H18ClNO2/c1-11-3-8-14(17)15(9-11)20-16(10-18)12-4-6-13(19-2)7-5-12/h3-9,16H,10,18H2,1-2H3. The summed E-state index contributed by atoms with van der Waals surface area (Å²) in [5.41, 5.74) is 7.90. The molecule has 0 aliphatic rings. The minimum Gasteiger partial charge on any atom is -0.497 e. The summed E-state index contributed by atoms with van der Waals surface area (Å²) in [5.74, 6) is 1.45. The predicted octanol–water partition coefficient (Wildman–Crippen LogP) is 3.74. The first kappa shape index (κ1) is 14.7. The average molecular weight is 292 g/mol. The van der Waals surface area contributed by atoms with Crippen LogP contribution >= 0.6 is 11.6 Å². The number of nitrogens with two attached hydrogens (primary N) is 1. The Morgan fingerprint density at radius 3 is 2.45 bits per heavy atom. The van der Waals surface area contributed by atoms with Crippen LogP contribution in [-0.2, 0) is 0 Å². The number of ether oxygens (including phenoxy) is 2. The monoisotopic (exact) mass is 291 g/mol. The van der Waals surface area contributed by atoms with Crippen molar-refractivity contribution in [2.24, 2.45) is 5.73 Å². The lowest BCUT2D eigenvalue weighted by molar-refractivity contribution is 0.214. The fourth-order valence-electron chi connectivity index (χ4n) is 1.92. The molecule has 1 atom stereocenters. The van der Waals surface area contributed by atoms with E-state index in [1.165, 1.54) is 0 Å². The molecule has 2 rings (SSSR count). The molecule has 0 amide bonds. The molecule has 2 aromatic rings. The molecule has 0 bridgehead atoms. The maximum atomic E-state index is 6.15. The highest BCUT2D eigenvalue weighted by Gasteiger charge is 2.13. The van der Waals surface area contributed by atoms with Crippen LogP contribution in [0.4, 0.5) is 0 Å². The zero-order valence-corrected chi connectivity index (χ0v) is 12.4. The summed E-state index contributed by atoms with van der Waals surface area (Å²) in [6.45, 7) is 2.37. The topological polar surface area (TPSA) is 44.5 Å². The van der Waals surface area contributed by atoms with E-state index in [-0.39, 0.29) is 6.10 Å². The maximum Gasteiger partial charge on any atom is 0.139 e. The number of benzene rings is 2. The Labute approximate surface area is 124 Å². The number of hydrogen-bond acceptors (Lipinski definition) is 3. The van der Waals surface area contributed by atoms with E-state index in [1.807, 2.05) is 49.4 Å². The molecule has 0 aliphatic heterocycles. The summed E-state index contributed by atoms with van der Waals surface area (Å²) in [6, 6.07) is 13.3. The largest absolute Gasteiger partial charge is 0.497 e. The van der Waals surface area contributed by atoms with Gasteiger partial charge in [0.1, 0.15) is 17.6 Å². The van der Waals surface area contributed by atoms with Crippen LogP contribution in [0.3, 0.4) is 0 Å². The highest BCUT2D eigenvalue weighted by Crippen LogP contribution is 2.30. The van der Waals surface area contributed by atoms with Gasteiger partial charge in [-0.3, -0.25) is 0 Å². The fourth-order valence-corrected chi connectivity index (χ4v) is 2.09. The first-order valence-electron chi connectivity index (χ1n) is 6.41. The number of halogens is 1. The van der Waals surface area contributed by atoms with Crippen molar-refractivity contribution in [2.75, 3.05) is 13.7 Å². The zero-order chi connectivity index (χ0) is 14.5. The summed E-state index contributed by atoms with van der Waals surface area (Å²) >= 11 is 6.15. The van der Waals surface area contributed by atoms with Crippen LogP contribution in [0.5, 0.6) is 11.5 Å². The molecule has 0 heterocycles. The van der Waals surface area contributed by atoms with Crippen molar-refractivity contribution in [2.45, 2.75) is 13.0 Å². The Bertz CT molecular complexity index is 569. The molecule has 20 heavy (non-hydrogen) atoms. The highest BCUT2D eigenvalue weighted by molar-refractivity contribution is 6.32. The summed E-state index contributed by atoms with van der Waals surface area (Å²) in [7, 11) is 1.64. The van der Waals surface area contributed by atoms with Gasteiger partial charge >= 0.3 is 0 Å². The molecule has 3 nitrogen and oxygen atoms in total. The number of aryl methyl sites for hydroxylation is 1. The third-order valence-corrected chi connectivity index (χ3v) is 3.37. The SMILES string of the molecule is COc1ccc(C(CN)Oc2cc(C)ccc2Cl)cc1. The first-order valence-corrected chi connectivity index (χ1v) is 6.78. The Morgan fingerprint density at radius 2 is 1.85 bits per heavy atom. The second kappa shape index (κ2) is 6.64. The zero-order valence-electron chi connectivity index (χ0n) is 11.6. The van der Waals surface area contributed by atoms with Crippen LogP contribution in [0, 0.1) is 6.92 Å². The van der Waals surface area contributed by atoms with Crippen LogP contribution in [-0.4, -0.2) is 13.7 Å². The van der Waals surface area contributed by atoms with Crippen LogP contribution in [0.15, 0.2) is 42.5 Å². The van der Waals surface area contributed by atoms with Crippen molar-refractivity contribution in [3.63, 3.8) is 0 Å². The minimum atomic E-state index is -0.236. The Hall–Kier alpha value is -1.71. The molecule has 0 radical (unpaired) electrons. The van der Waals surface area contributed by atoms with E-state index < -0.39 is 0 Å². The Kier molecular flexibility index (Phi) is 4.88. The van der Waals surface area contributed by atoms with E-state index in [0.29, 0.717) is 17.3 Å². The third-order valence-electron chi connectivity index (χ3n) is 3.06. The number of hydrogen-bond donors (Lipinski definition) is 1.